The molecule has 6 heteroatoms. The summed E-state index contributed by atoms with van der Waals surface area (Å²) in [5, 5.41) is 9.78. The van der Waals surface area contributed by atoms with Crippen LogP contribution in [-0.4, -0.2) is 20.7 Å². The van der Waals surface area contributed by atoms with Gasteiger partial charge in [0.2, 0.25) is 0 Å². The van der Waals surface area contributed by atoms with Crippen LogP contribution in [0.4, 0.5) is 11.5 Å². The summed E-state index contributed by atoms with van der Waals surface area (Å²) >= 11 is 0. The van der Waals surface area contributed by atoms with Gasteiger partial charge in [-0.15, -0.1) is 0 Å². The third kappa shape index (κ3) is 2.84. The molecule has 0 aromatic carbocycles. The van der Waals surface area contributed by atoms with E-state index in [1.165, 1.54) is 0 Å². The summed E-state index contributed by atoms with van der Waals surface area (Å²) in [7, 11) is 0. The summed E-state index contributed by atoms with van der Waals surface area (Å²) in [5.74, 6) is 0.648. The highest BCUT2D eigenvalue weighted by atomic mass is 16.2. The quantitative estimate of drug-likeness (QED) is 0.801. The van der Waals surface area contributed by atoms with Gasteiger partial charge in [-0.05, 0) is 25.8 Å². The van der Waals surface area contributed by atoms with Crippen molar-refractivity contribution in [1.82, 2.24) is 14.8 Å². The molecule has 0 saturated heterocycles. The molecule has 0 saturated carbocycles. The molecule has 0 bridgehead atoms. The predicted molar refractivity (Wildman–Crippen MR) is 79.9 cm³/mol. The average molecular weight is 275 g/mol. The largest absolute Gasteiger partial charge is 0.397 e. The van der Waals surface area contributed by atoms with Crippen LogP contribution in [0.1, 0.15) is 55.8 Å². The molecule has 4 N–H and O–H groups in total. The number of amides is 1. The Morgan fingerprint density at radius 2 is 2.05 bits per heavy atom. The molecule has 0 spiro atoms. The van der Waals surface area contributed by atoms with Gasteiger partial charge in [-0.25, -0.2) is 0 Å². The first-order valence-corrected chi connectivity index (χ1v) is 6.72. The fourth-order valence-corrected chi connectivity index (χ4v) is 1.99. The van der Waals surface area contributed by atoms with Gasteiger partial charge in [-0.2, -0.15) is 5.10 Å². The van der Waals surface area contributed by atoms with E-state index in [1.807, 2.05) is 24.5 Å². The highest BCUT2D eigenvalue weighted by Gasteiger charge is 2.16. The summed E-state index contributed by atoms with van der Waals surface area (Å²) < 4.78 is 1.85. The van der Waals surface area contributed by atoms with Crippen LogP contribution in [0.25, 0.3) is 0 Å². The SMILES string of the molecule is CC(C)c1cc(NC(=O)c2cc(N)cn2C(C)C)n[nH]1. The predicted octanol–water partition coefficient (Wildman–Crippen LogP) is 2.75. The smallest absolute Gasteiger partial charge is 0.273 e. The lowest BCUT2D eigenvalue weighted by Gasteiger charge is -2.11. The van der Waals surface area contributed by atoms with E-state index in [1.54, 1.807) is 12.3 Å². The van der Waals surface area contributed by atoms with Crippen LogP contribution in [0.3, 0.4) is 0 Å². The summed E-state index contributed by atoms with van der Waals surface area (Å²) in [5.41, 5.74) is 7.87. The topological polar surface area (TPSA) is 88.7 Å². The fraction of sp³-hybridized carbons (Fsp3) is 0.429. The van der Waals surface area contributed by atoms with Crippen LogP contribution in [0.15, 0.2) is 18.3 Å². The lowest BCUT2D eigenvalue weighted by Crippen LogP contribution is -2.17. The molecule has 1 amide bonds. The summed E-state index contributed by atoms with van der Waals surface area (Å²) in [4.78, 5) is 12.3. The highest BCUT2D eigenvalue weighted by Crippen LogP contribution is 2.19. The second-order valence-corrected chi connectivity index (χ2v) is 5.48. The number of rotatable bonds is 4. The molecule has 108 valence electrons. The molecule has 2 aromatic rings. The molecule has 6 nitrogen and oxygen atoms in total. The van der Waals surface area contributed by atoms with Crippen LogP contribution < -0.4 is 11.1 Å². The standard InChI is InChI=1S/C14H21N5O/c1-8(2)11-6-13(18-17-11)16-14(20)12-5-10(15)7-19(12)9(3)4/h5-9H,15H2,1-4H3,(H2,16,17,18,20). The summed E-state index contributed by atoms with van der Waals surface area (Å²) in [6, 6.07) is 3.68. The Hall–Kier alpha value is -2.24. The Bertz CT molecular complexity index is 609. The number of aromatic nitrogens is 3. The number of hydrogen-bond acceptors (Lipinski definition) is 3. The van der Waals surface area contributed by atoms with E-state index in [0.29, 0.717) is 23.1 Å². The summed E-state index contributed by atoms with van der Waals surface area (Å²) in [6.07, 6.45) is 1.77. The molecule has 2 aromatic heterocycles. The Balaban J connectivity index is 2.19. The third-order valence-corrected chi connectivity index (χ3v) is 3.12. The Morgan fingerprint density at radius 1 is 1.35 bits per heavy atom. The van der Waals surface area contributed by atoms with Crippen LogP contribution in [0, 0.1) is 0 Å². The van der Waals surface area contributed by atoms with E-state index < -0.39 is 0 Å². The van der Waals surface area contributed by atoms with Crippen molar-refractivity contribution < 1.29 is 4.79 Å². The van der Waals surface area contributed by atoms with Crippen molar-refractivity contribution in [1.29, 1.82) is 0 Å². The lowest BCUT2D eigenvalue weighted by molar-refractivity contribution is 0.101. The van der Waals surface area contributed by atoms with Crippen LogP contribution in [-0.2, 0) is 0 Å². The van der Waals surface area contributed by atoms with Crippen molar-refractivity contribution in [2.45, 2.75) is 39.7 Å². The first-order chi connectivity index (χ1) is 9.38. The van der Waals surface area contributed by atoms with Crippen LogP contribution in [0.2, 0.25) is 0 Å². The maximum Gasteiger partial charge on any atom is 0.273 e. The van der Waals surface area contributed by atoms with Gasteiger partial charge in [0.05, 0.1) is 5.69 Å². The minimum atomic E-state index is -0.211. The molecule has 0 fully saturated rings. The fourth-order valence-electron chi connectivity index (χ4n) is 1.99. The molecule has 0 aliphatic carbocycles. The second-order valence-electron chi connectivity index (χ2n) is 5.48. The van der Waals surface area contributed by atoms with Crippen molar-refractivity contribution in [3.8, 4) is 0 Å². The van der Waals surface area contributed by atoms with Crippen LogP contribution in [0.5, 0.6) is 0 Å². The second kappa shape index (κ2) is 5.40. The molecule has 0 aliphatic rings. The highest BCUT2D eigenvalue weighted by molar-refractivity contribution is 6.03. The average Bonchev–Trinajstić information content (AvgIpc) is 2.95. The molecule has 0 aliphatic heterocycles. The van der Waals surface area contributed by atoms with Gasteiger partial charge in [0.15, 0.2) is 5.82 Å². The van der Waals surface area contributed by atoms with E-state index in [9.17, 15) is 4.79 Å². The number of hydrogen-bond donors (Lipinski definition) is 3. The van der Waals surface area contributed by atoms with Gasteiger partial charge in [0.25, 0.3) is 5.91 Å². The number of nitrogen functional groups attached to an aromatic ring is 1. The minimum absolute atomic E-state index is 0.165. The Morgan fingerprint density at radius 3 is 2.60 bits per heavy atom. The maximum atomic E-state index is 12.3. The first kappa shape index (κ1) is 14.2. The van der Waals surface area contributed by atoms with Gasteiger partial charge in [0.1, 0.15) is 5.69 Å². The van der Waals surface area contributed by atoms with Crippen molar-refractivity contribution in [3.05, 3.63) is 29.7 Å². The van der Waals surface area contributed by atoms with Crippen molar-refractivity contribution in [2.75, 3.05) is 11.1 Å². The first-order valence-electron chi connectivity index (χ1n) is 6.72. The minimum Gasteiger partial charge on any atom is -0.397 e. The van der Waals surface area contributed by atoms with E-state index in [4.69, 9.17) is 5.73 Å². The number of H-pyrrole nitrogens is 1. The number of anilines is 2. The van der Waals surface area contributed by atoms with Crippen LogP contribution >= 0.6 is 0 Å². The Kier molecular flexibility index (Phi) is 3.83. The van der Waals surface area contributed by atoms with Crippen molar-refractivity contribution >= 4 is 17.4 Å². The molecule has 20 heavy (non-hydrogen) atoms. The van der Waals surface area contributed by atoms with Gasteiger partial charge in [0, 0.05) is 24.0 Å². The number of nitrogens with one attached hydrogen (secondary N) is 2. The molecule has 2 heterocycles. The van der Waals surface area contributed by atoms with E-state index in [0.717, 1.165) is 5.69 Å². The molecular formula is C14H21N5O. The zero-order valence-corrected chi connectivity index (χ0v) is 12.3. The molecule has 0 atom stereocenters. The van der Waals surface area contributed by atoms with Crippen molar-refractivity contribution in [3.63, 3.8) is 0 Å². The number of nitrogens with zero attached hydrogens (tertiary/aromatic N) is 2. The zero-order valence-electron chi connectivity index (χ0n) is 12.3. The van der Waals surface area contributed by atoms with E-state index in [-0.39, 0.29) is 11.9 Å². The molecular weight excluding hydrogens is 254 g/mol. The summed E-state index contributed by atoms with van der Waals surface area (Å²) in [6.45, 7) is 8.12. The molecule has 0 radical (unpaired) electrons. The van der Waals surface area contributed by atoms with Gasteiger partial charge in [-0.1, -0.05) is 13.8 Å². The van der Waals surface area contributed by atoms with Gasteiger partial charge in [-0.3, -0.25) is 9.89 Å². The van der Waals surface area contributed by atoms with E-state index in [2.05, 4.69) is 29.4 Å². The number of nitrogens with two attached hydrogens (primary N) is 1. The zero-order chi connectivity index (χ0) is 14.9. The van der Waals surface area contributed by atoms with Gasteiger partial charge < -0.3 is 15.6 Å². The van der Waals surface area contributed by atoms with E-state index >= 15 is 0 Å². The molecule has 2 rings (SSSR count). The monoisotopic (exact) mass is 275 g/mol. The van der Waals surface area contributed by atoms with Crippen molar-refractivity contribution in [2.24, 2.45) is 0 Å². The Labute approximate surface area is 118 Å². The third-order valence-electron chi connectivity index (χ3n) is 3.12. The number of carbonyl (C=O) groups excluding carboxylic acids is 1. The van der Waals surface area contributed by atoms with Gasteiger partial charge >= 0.3 is 0 Å². The normalized spacial score (nSPS) is 11.3. The number of carbonyl (C=O) groups is 1. The molecule has 0 unspecified atom stereocenters. The number of aromatic amines is 1. The lowest BCUT2D eigenvalue weighted by atomic mass is 10.1. The maximum absolute atomic E-state index is 12.3.